The van der Waals surface area contributed by atoms with Gasteiger partial charge < -0.3 is 9.57 Å². The second kappa shape index (κ2) is 8.93. The number of nitrogens with zero attached hydrogens (tertiary/aromatic N) is 4. The summed E-state index contributed by atoms with van der Waals surface area (Å²) in [7, 11) is 0. The molecule has 1 saturated heterocycles. The molecule has 7 heteroatoms. The van der Waals surface area contributed by atoms with Crippen molar-refractivity contribution in [2.75, 3.05) is 45.9 Å². The minimum Gasteiger partial charge on any atom is -0.490 e. The number of pyridine rings is 1. The zero-order valence-electron chi connectivity index (χ0n) is 17.9. The number of alkyl halides is 1. The highest BCUT2D eigenvalue weighted by molar-refractivity contribution is 6.04. The second-order valence-corrected chi connectivity index (χ2v) is 8.77. The number of hydrogen-bond donors (Lipinski definition) is 0. The van der Waals surface area contributed by atoms with E-state index in [9.17, 15) is 4.39 Å². The van der Waals surface area contributed by atoms with E-state index in [1.165, 1.54) is 5.57 Å². The van der Waals surface area contributed by atoms with Gasteiger partial charge in [-0.2, -0.15) is 0 Å². The topological polar surface area (TPSA) is 50.2 Å². The number of oxime groups is 1. The van der Waals surface area contributed by atoms with E-state index in [4.69, 9.17) is 9.57 Å². The van der Waals surface area contributed by atoms with Gasteiger partial charge in [-0.25, -0.2) is 4.39 Å². The lowest BCUT2D eigenvalue weighted by Gasteiger charge is -2.36. The minimum absolute atomic E-state index is 0.0164. The van der Waals surface area contributed by atoms with Crippen LogP contribution in [0.25, 0.3) is 0 Å². The molecular weight excluding hydrogens is 395 g/mol. The fourth-order valence-corrected chi connectivity index (χ4v) is 4.67. The van der Waals surface area contributed by atoms with E-state index >= 15 is 0 Å². The van der Waals surface area contributed by atoms with Gasteiger partial charge in [0, 0.05) is 51.9 Å². The summed E-state index contributed by atoms with van der Waals surface area (Å²) in [4.78, 5) is 15.2. The molecule has 0 radical (unpaired) electrons. The lowest BCUT2D eigenvalue weighted by molar-refractivity contribution is 0.0100. The SMILES string of the molecule is C/C(=C\C1=CCC(F)C=C1)CN1CCN(CC2ON=C3c4ncccc4OCC32)CC1. The van der Waals surface area contributed by atoms with Gasteiger partial charge in [0.2, 0.25) is 0 Å². The summed E-state index contributed by atoms with van der Waals surface area (Å²) in [6.45, 7) is 8.63. The van der Waals surface area contributed by atoms with Gasteiger partial charge in [0.25, 0.3) is 0 Å². The zero-order valence-corrected chi connectivity index (χ0v) is 17.9. The molecule has 5 rings (SSSR count). The highest BCUT2D eigenvalue weighted by atomic mass is 19.1. The molecule has 0 N–H and O–H groups in total. The Hall–Kier alpha value is -2.51. The van der Waals surface area contributed by atoms with Crippen LogP contribution in [-0.4, -0.2) is 78.6 Å². The summed E-state index contributed by atoms with van der Waals surface area (Å²) >= 11 is 0. The Bertz CT molecular complexity index is 933. The van der Waals surface area contributed by atoms with E-state index in [1.807, 2.05) is 24.3 Å². The summed E-state index contributed by atoms with van der Waals surface area (Å²) in [5.41, 5.74) is 4.17. The third-order valence-electron chi connectivity index (χ3n) is 6.38. The summed E-state index contributed by atoms with van der Waals surface area (Å²) in [5, 5.41) is 4.36. The molecule has 1 fully saturated rings. The van der Waals surface area contributed by atoms with Crippen LogP contribution < -0.4 is 4.74 Å². The zero-order chi connectivity index (χ0) is 21.2. The number of hydrogen-bond acceptors (Lipinski definition) is 6. The standard InChI is InChI=1S/C24H29FN4O2/c1-17(13-18-4-6-19(25)7-5-18)14-28-9-11-29(12-10-28)15-22-20-16-30-21-3-2-8-26-24(21)23(20)27-31-22/h2-6,8,13,19-20,22H,7,9-12,14-16H2,1H3/b17-13+. The number of halogens is 1. The molecule has 0 spiro atoms. The predicted octanol–water partition coefficient (Wildman–Crippen LogP) is 2.98. The van der Waals surface area contributed by atoms with E-state index in [0.29, 0.717) is 13.0 Å². The average Bonchev–Trinajstić information content (AvgIpc) is 3.20. The maximum Gasteiger partial charge on any atom is 0.151 e. The van der Waals surface area contributed by atoms with Crippen molar-refractivity contribution in [2.24, 2.45) is 11.1 Å². The molecule has 3 aliphatic heterocycles. The average molecular weight is 425 g/mol. The molecule has 31 heavy (non-hydrogen) atoms. The van der Waals surface area contributed by atoms with Crippen LogP contribution >= 0.6 is 0 Å². The largest absolute Gasteiger partial charge is 0.490 e. The van der Waals surface area contributed by atoms with Crippen molar-refractivity contribution < 1.29 is 14.0 Å². The molecule has 4 aliphatic rings. The highest BCUT2D eigenvalue weighted by Crippen LogP contribution is 2.32. The Balaban J connectivity index is 1.10. The molecule has 1 aromatic rings. The third-order valence-corrected chi connectivity index (χ3v) is 6.38. The predicted molar refractivity (Wildman–Crippen MR) is 118 cm³/mol. The number of rotatable bonds is 5. The maximum atomic E-state index is 13.2. The Morgan fingerprint density at radius 3 is 2.90 bits per heavy atom. The number of allylic oxidation sites excluding steroid dienone is 5. The van der Waals surface area contributed by atoms with Crippen molar-refractivity contribution in [2.45, 2.75) is 25.6 Å². The molecule has 0 saturated carbocycles. The molecule has 164 valence electrons. The van der Waals surface area contributed by atoms with Gasteiger partial charge in [-0.3, -0.25) is 14.8 Å². The van der Waals surface area contributed by atoms with E-state index in [-0.39, 0.29) is 12.0 Å². The molecule has 0 amide bonds. The third kappa shape index (κ3) is 4.57. The van der Waals surface area contributed by atoms with Crippen LogP contribution in [0.5, 0.6) is 5.75 Å². The van der Waals surface area contributed by atoms with Crippen molar-refractivity contribution in [1.82, 2.24) is 14.8 Å². The van der Waals surface area contributed by atoms with Gasteiger partial charge in [-0.05, 0) is 30.7 Å². The number of piperazine rings is 1. The van der Waals surface area contributed by atoms with Crippen LogP contribution in [0.4, 0.5) is 4.39 Å². The molecule has 3 atom stereocenters. The Morgan fingerprint density at radius 1 is 1.26 bits per heavy atom. The van der Waals surface area contributed by atoms with Crippen LogP contribution in [-0.2, 0) is 4.84 Å². The summed E-state index contributed by atoms with van der Waals surface area (Å²) in [5.74, 6) is 0.939. The first-order valence-electron chi connectivity index (χ1n) is 11.1. The molecule has 4 heterocycles. The number of aromatic nitrogens is 1. The molecule has 0 aromatic carbocycles. The highest BCUT2D eigenvalue weighted by Gasteiger charge is 2.41. The monoisotopic (exact) mass is 424 g/mol. The van der Waals surface area contributed by atoms with Crippen LogP contribution in [0.15, 0.2) is 58.9 Å². The summed E-state index contributed by atoms with van der Waals surface area (Å²) < 4.78 is 19.1. The molecule has 1 aliphatic carbocycles. The number of ether oxygens (including phenoxy) is 1. The van der Waals surface area contributed by atoms with Crippen molar-refractivity contribution in [3.05, 3.63) is 59.5 Å². The van der Waals surface area contributed by atoms with Gasteiger partial charge >= 0.3 is 0 Å². The molecular formula is C24H29FN4O2. The molecule has 0 bridgehead atoms. The van der Waals surface area contributed by atoms with Crippen LogP contribution in [0.1, 0.15) is 19.0 Å². The van der Waals surface area contributed by atoms with E-state index in [2.05, 4.69) is 32.9 Å². The van der Waals surface area contributed by atoms with E-state index in [0.717, 1.165) is 62.0 Å². The minimum atomic E-state index is -0.831. The first-order chi connectivity index (χ1) is 15.2. The van der Waals surface area contributed by atoms with E-state index in [1.54, 1.807) is 12.3 Å². The fraction of sp³-hybridized carbons (Fsp3) is 0.500. The van der Waals surface area contributed by atoms with Gasteiger partial charge in [0.05, 0.1) is 5.92 Å². The van der Waals surface area contributed by atoms with Gasteiger partial charge in [-0.1, -0.05) is 29.0 Å². The first-order valence-corrected chi connectivity index (χ1v) is 11.1. The molecule has 6 nitrogen and oxygen atoms in total. The molecule has 1 aromatic heterocycles. The smallest absolute Gasteiger partial charge is 0.151 e. The van der Waals surface area contributed by atoms with Crippen LogP contribution in [0.2, 0.25) is 0 Å². The maximum absolute atomic E-state index is 13.2. The van der Waals surface area contributed by atoms with Gasteiger partial charge in [0.15, 0.2) is 6.10 Å². The molecule has 3 unspecified atom stereocenters. The van der Waals surface area contributed by atoms with Gasteiger partial charge in [-0.15, -0.1) is 0 Å². The summed E-state index contributed by atoms with van der Waals surface area (Å²) in [6.07, 6.45) is 9.12. The normalized spacial score (nSPS) is 28.8. The Morgan fingerprint density at radius 2 is 2.10 bits per heavy atom. The van der Waals surface area contributed by atoms with Crippen molar-refractivity contribution in [1.29, 1.82) is 0 Å². The Labute approximate surface area is 182 Å². The van der Waals surface area contributed by atoms with E-state index < -0.39 is 6.17 Å². The summed E-state index contributed by atoms with van der Waals surface area (Å²) in [6, 6.07) is 3.81. The number of fused-ring (bicyclic) bond motifs is 3. The Kier molecular flexibility index (Phi) is 5.87. The van der Waals surface area contributed by atoms with Crippen molar-refractivity contribution in [3.8, 4) is 5.75 Å². The van der Waals surface area contributed by atoms with Crippen LogP contribution in [0, 0.1) is 5.92 Å². The fourth-order valence-electron chi connectivity index (χ4n) is 4.67. The lowest BCUT2D eigenvalue weighted by atomic mass is 9.93. The van der Waals surface area contributed by atoms with Gasteiger partial charge in [0.1, 0.15) is 29.9 Å². The lowest BCUT2D eigenvalue weighted by Crippen LogP contribution is -2.50. The van der Waals surface area contributed by atoms with Crippen molar-refractivity contribution in [3.63, 3.8) is 0 Å². The van der Waals surface area contributed by atoms with Crippen LogP contribution in [0.3, 0.4) is 0 Å². The van der Waals surface area contributed by atoms with Crippen molar-refractivity contribution >= 4 is 5.71 Å². The first kappa shape index (κ1) is 20.4. The quantitative estimate of drug-likeness (QED) is 0.727. The second-order valence-electron chi connectivity index (χ2n) is 8.77.